The van der Waals surface area contributed by atoms with Crippen molar-refractivity contribution < 1.29 is 27.9 Å². The molecule has 0 aliphatic heterocycles. The number of hydrogen-bond acceptors (Lipinski definition) is 6. The van der Waals surface area contributed by atoms with E-state index in [-0.39, 0.29) is 10.5 Å². The number of rotatable bonds is 9. The molecule has 182 valence electrons. The van der Waals surface area contributed by atoms with Crippen LogP contribution in [-0.4, -0.2) is 45.3 Å². The molecular formula is C24H22BrN3O6S. The van der Waals surface area contributed by atoms with Gasteiger partial charge in [-0.25, -0.2) is 18.6 Å². The summed E-state index contributed by atoms with van der Waals surface area (Å²) in [5, 5.41) is 12.8. The van der Waals surface area contributed by atoms with Crippen LogP contribution in [0, 0.1) is 6.92 Å². The predicted molar refractivity (Wildman–Crippen MR) is 136 cm³/mol. The highest BCUT2D eigenvalue weighted by molar-refractivity contribution is 9.10. The molecular weight excluding hydrogens is 538 g/mol. The lowest BCUT2D eigenvalue weighted by molar-refractivity contribution is -0.119. The van der Waals surface area contributed by atoms with E-state index in [1.165, 1.54) is 55.8 Å². The minimum atomic E-state index is -4.12. The summed E-state index contributed by atoms with van der Waals surface area (Å²) in [5.74, 6) is -1.25. The summed E-state index contributed by atoms with van der Waals surface area (Å²) in [7, 11) is -2.65. The second-order valence-electron chi connectivity index (χ2n) is 7.36. The smallest absolute Gasteiger partial charge is 0.335 e. The summed E-state index contributed by atoms with van der Waals surface area (Å²) in [6, 6.07) is 16.9. The Hall–Kier alpha value is -3.70. The Labute approximate surface area is 211 Å². The number of nitrogens with zero attached hydrogens (tertiary/aromatic N) is 2. The van der Waals surface area contributed by atoms with Crippen molar-refractivity contribution in [3.63, 3.8) is 0 Å². The molecule has 3 aromatic rings. The number of hydrazone groups is 1. The number of aryl methyl sites for hydroxylation is 1. The number of carbonyl (C=O) groups is 2. The summed E-state index contributed by atoms with van der Waals surface area (Å²) in [6.45, 7) is 1.35. The number of hydrogen-bond donors (Lipinski definition) is 2. The zero-order valence-corrected chi connectivity index (χ0v) is 21.2. The molecule has 1 amide bonds. The topological polar surface area (TPSA) is 125 Å². The summed E-state index contributed by atoms with van der Waals surface area (Å²) in [6.07, 6.45) is 1.33. The Morgan fingerprint density at radius 3 is 2.31 bits per heavy atom. The number of carbonyl (C=O) groups excluding carboxylic acids is 1. The van der Waals surface area contributed by atoms with E-state index in [2.05, 4.69) is 26.5 Å². The fourth-order valence-corrected chi connectivity index (χ4v) is 5.16. The summed E-state index contributed by atoms with van der Waals surface area (Å²) < 4.78 is 33.6. The highest BCUT2D eigenvalue weighted by Gasteiger charge is 2.28. The fraction of sp³-hybridized carbons (Fsp3) is 0.125. The van der Waals surface area contributed by atoms with Crippen molar-refractivity contribution in [1.82, 2.24) is 5.43 Å². The number of ether oxygens (including phenoxy) is 1. The fourth-order valence-electron chi connectivity index (χ4n) is 3.02. The summed E-state index contributed by atoms with van der Waals surface area (Å²) in [4.78, 5) is 23.5. The molecule has 0 aliphatic rings. The van der Waals surface area contributed by atoms with Crippen molar-refractivity contribution >= 4 is 49.7 Å². The third-order valence-electron chi connectivity index (χ3n) is 4.88. The van der Waals surface area contributed by atoms with Gasteiger partial charge in [-0.3, -0.25) is 9.10 Å². The maximum Gasteiger partial charge on any atom is 0.335 e. The lowest BCUT2D eigenvalue weighted by atomic mass is 10.1. The maximum absolute atomic E-state index is 13.5. The van der Waals surface area contributed by atoms with E-state index in [0.29, 0.717) is 21.5 Å². The molecule has 0 radical (unpaired) electrons. The SMILES string of the molecule is COc1ccc(S(=O)(=O)N(CC(=O)N/N=C/c2ccc(C(=O)O)cc2)c2ccc(C)cc2)cc1Br. The Balaban J connectivity index is 1.83. The van der Waals surface area contributed by atoms with Crippen LogP contribution in [0.15, 0.2) is 81.2 Å². The van der Waals surface area contributed by atoms with Gasteiger partial charge >= 0.3 is 5.97 Å². The lowest BCUT2D eigenvalue weighted by Crippen LogP contribution is -2.39. The van der Waals surface area contributed by atoms with Gasteiger partial charge in [0.25, 0.3) is 15.9 Å². The molecule has 35 heavy (non-hydrogen) atoms. The van der Waals surface area contributed by atoms with E-state index in [4.69, 9.17) is 9.84 Å². The van der Waals surface area contributed by atoms with E-state index >= 15 is 0 Å². The number of anilines is 1. The molecule has 0 spiro atoms. The third kappa shape index (κ3) is 6.46. The molecule has 0 fully saturated rings. The molecule has 0 bridgehead atoms. The second kappa shape index (κ2) is 11.2. The summed E-state index contributed by atoms with van der Waals surface area (Å²) in [5.41, 5.74) is 4.23. The number of carboxylic acid groups (broad SMARTS) is 1. The Bertz CT molecular complexity index is 1360. The van der Waals surface area contributed by atoms with Gasteiger partial charge in [-0.1, -0.05) is 29.8 Å². The quantitative estimate of drug-likeness (QED) is 0.303. The van der Waals surface area contributed by atoms with Gasteiger partial charge in [0.05, 0.1) is 33.9 Å². The average Bonchev–Trinajstić information content (AvgIpc) is 2.83. The first-order chi connectivity index (χ1) is 16.6. The van der Waals surface area contributed by atoms with Crippen LogP contribution in [0.5, 0.6) is 5.75 Å². The number of halogens is 1. The number of sulfonamides is 1. The van der Waals surface area contributed by atoms with Crippen molar-refractivity contribution in [3.05, 3.63) is 87.9 Å². The minimum Gasteiger partial charge on any atom is -0.496 e. The minimum absolute atomic E-state index is 0.0272. The van der Waals surface area contributed by atoms with Gasteiger partial charge in [0.15, 0.2) is 0 Å². The number of nitrogens with one attached hydrogen (secondary N) is 1. The summed E-state index contributed by atoms with van der Waals surface area (Å²) >= 11 is 3.30. The molecule has 3 aromatic carbocycles. The number of amides is 1. The van der Waals surface area contributed by atoms with Gasteiger partial charge in [0, 0.05) is 0 Å². The first-order valence-corrected chi connectivity index (χ1v) is 12.4. The Kier molecular flexibility index (Phi) is 8.26. The second-order valence-corrected chi connectivity index (χ2v) is 10.1. The molecule has 3 rings (SSSR count). The third-order valence-corrected chi connectivity index (χ3v) is 7.27. The number of carboxylic acids is 1. The Morgan fingerprint density at radius 2 is 1.74 bits per heavy atom. The van der Waals surface area contributed by atoms with Crippen molar-refractivity contribution in [2.45, 2.75) is 11.8 Å². The van der Waals surface area contributed by atoms with Crippen LogP contribution < -0.4 is 14.5 Å². The van der Waals surface area contributed by atoms with Crippen LogP contribution >= 0.6 is 15.9 Å². The van der Waals surface area contributed by atoms with Gasteiger partial charge in [-0.05, 0) is 70.9 Å². The molecule has 0 unspecified atom stereocenters. The van der Waals surface area contributed by atoms with Crippen LogP contribution in [0.1, 0.15) is 21.5 Å². The Morgan fingerprint density at radius 1 is 1.09 bits per heavy atom. The van der Waals surface area contributed by atoms with Crippen molar-refractivity contribution in [3.8, 4) is 5.75 Å². The van der Waals surface area contributed by atoms with E-state index in [1.807, 2.05) is 6.92 Å². The molecule has 0 saturated carbocycles. The maximum atomic E-state index is 13.5. The lowest BCUT2D eigenvalue weighted by Gasteiger charge is -2.24. The first kappa shape index (κ1) is 25.9. The van der Waals surface area contributed by atoms with Crippen LogP contribution in [0.3, 0.4) is 0 Å². The van der Waals surface area contributed by atoms with E-state index < -0.39 is 28.4 Å². The van der Waals surface area contributed by atoms with Crippen molar-refractivity contribution in [1.29, 1.82) is 0 Å². The normalized spacial score (nSPS) is 11.3. The van der Waals surface area contributed by atoms with E-state index in [0.717, 1.165) is 9.87 Å². The predicted octanol–water partition coefficient (Wildman–Crippen LogP) is 3.81. The number of methoxy groups -OCH3 is 1. The molecule has 0 heterocycles. The van der Waals surface area contributed by atoms with Gasteiger partial charge < -0.3 is 9.84 Å². The number of aromatic carboxylic acids is 1. The zero-order chi connectivity index (χ0) is 25.6. The molecule has 0 aromatic heterocycles. The van der Waals surface area contributed by atoms with Gasteiger partial charge in [0.1, 0.15) is 12.3 Å². The standard InChI is InChI=1S/C24H22BrN3O6S/c1-16-3-9-19(10-4-16)28(35(32,33)20-11-12-22(34-2)21(25)13-20)15-23(29)27-26-14-17-5-7-18(8-6-17)24(30)31/h3-14H,15H2,1-2H3,(H,27,29)(H,30,31)/b26-14+. The highest BCUT2D eigenvalue weighted by Crippen LogP contribution is 2.30. The van der Waals surface area contributed by atoms with E-state index in [9.17, 15) is 18.0 Å². The van der Waals surface area contributed by atoms with Crippen LogP contribution in [0.2, 0.25) is 0 Å². The van der Waals surface area contributed by atoms with Crippen LogP contribution in [0.4, 0.5) is 5.69 Å². The molecule has 0 saturated heterocycles. The highest BCUT2D eigenvalue weighted by atomic mass is 79.9. The number of benzene rings is 3. The molecule has 11 heteroatoms. The monoisotopic (exact) mass is 559 g/mol. The zero-order valence-electron chi connectivity index (χ0n) is 18.8. The largest absolute Gasteiger partial charge is 0.496 e. The van der Waals surface area contributed by atoms with Crippen LogP contribution in [-0.2, 0) is 14.8 Å². The molecule has 2 N–H and O–H groups in total. The molecule has 0 aliphatic carbocycles. The van der Waals surface area contributed by atoms with Crippen LogP contribution in [0.25, 0.3) is 0 Å². The van der Waals surface area contributed by atoms with Crippen molar-refractivity contribution in [2.24, 2.45) is 5.10 Å². The molecule has 0 atom stereocenters. The molecule has 9 nitrogen and oxygen atoms in total. The van der Waals surface area contributed by atoms with Crippen molar-refractivity contribution in [2.75, 3.05) is 18.0 Å². The van der Waals surface area contributed by atoms with Gasteiger partial charge in [0.2, 0.25) is 0 Å². The average molecular weight is 560 g/mol. The van der Waals surface area contributed by atoms with E-state index in [1.54, 1.807) is 24.3 Å². The first-order valence-electron chi connectivity index (χ1n) is 10.2. The van der Waals surface area contributed by atoms with Gasteiger partial charge in [-0.15, -0.1) is 0 Å². The van der Waals surface area contributed by atoms with Gasteiger partial charge in [-0.2, -0.15) is 5.10 Å².